The second-order valence-corrected chi connectivity index (χ2v) is 3.83. The maximum Gasteiger partial charge on any atom is 0.0662 e. The van der Waals surface area contributed by atoms with Gasteiger partial charge >= 0.3 is 0 Å². The Hall–Kier alpha value is -1.42. The molecule has 160 valence electrons. The topological polar surface area (TPSA) is 49.7 Å². The molecule has 0 aliphatic rings. The summed E-state index contributed by atoms with van der Waals surface area (Å²) in [5.74, 6) is 0. The number of aliphatic hydroxyl groups excluding tert-OH is 2. The summed E-state index contributed by atoms with van der Waals surface area (Å²) in [5, 5.41) is 15.2. The summed E-state index contributed by atoms with van der Waals surface area (Å²) in [6.45, 7) is 36.1. The average Bonchev–Trinajstić information content (AvgIpc) is 2.77. The number of aliphatic hydroxyl groups is 2. The summed E-state index contributed by atoms with van der Waals surface area (Å²) in [5.41, 5.74) is 0. The first-order valence-electron chi connectivity index (χ1n) is 9.12. The Morgan fingerprint density at radius 3 is 1.12 bits per heavy atom. The lowest BCUT2D eigenvalue weighted by molar-refractivity contribution is 0.127. The molecule has 0 aromatic heterocycles. The Morgan fingerprint density at radius 2 is 0.808 bits per heavy atom. The largest absolute Gasteiger partial charge is 0.394 e. The van der Waals surface area contributed by atoms with E-state index in [-0.39, 0.29) is 13.2 Å². The van der Waals surface area contributed by atoms with Crippen molar-refractivity contribution in [3.8, 4) is 0 Å². The van der Waals surface area contributed by atoms with E-state index < -0.39 is 0 Å². The second-order valence-electron chi connectivity index (χ2n) is 3.83. The zero-order valence-electron chi connectivity index (χ0n) is 18.2. The van der Waals surface area contributed by atoms with E-state index in [1.807, 2.05) is 0 Å². The van der Waals surface area contributed by atoms with E-state index >= 15 is 0 Å². The zero-order chi connectivity index (χ0) is 22.5. The minimum absolute atomic E-state index is 0.125. The Bertz CT molecular complexity index is 129. The van der Waals surface area contributed by atoms with E-state index in [0.29, 0.717) is 0 Å². The van der Waals surface area contributed by atoms with Crippen molar-refractivity contribution in [2.75, 3.05) is 26.4 Å². The predicted octanol–water partition coefficient (Wildman–Crippen LogP) is 6.76. The molecule has 0 spiro atoms. The molecule has 0 aromatic rings. The molecule has 0 aromatic carbocycles. The number of ether oxygens (including phenoxy) is 1. The molecule has 0 radical (unpaired) electrons. The molecule has 0 aliphatic heterocycles. The van der Waals surface area contributed by atoms with Gasteiger partial charge in [-0.25, -0.2) is 0 Å². The Balaban J connectivity index is -0.0000000430. The number of hydrogen-bond acceptors (Lipinski definition) is 3. The normalized spacial score (nSPS) is 6.77. The molecule has 26 heavy (non-hydrogen) atoms. The highest BCUT2D eigenvalue weighted by molar-refractivity contribution is 4.41. The quantitative estimate of drug-likeness (QED) is 0.328. The predicted molar refractivity (Wildman–Crippen MR) is 125 cm³/mol. The fourth-order valence-corrected chi connectivity index (χ4v) is 1.16. The standard InChI is InChI=1S/C11H24O.C2H6O2.5C2H4/c1-3-5-7-8-9-11-12-10-6-4-2;3-1-2-4;5*1-2/h3-11H2,1-2H3;3-4H,1-2H2;5*1-2H2. The molecule has 3 nitrogen and oxygen atoms in total. The van der Waals surface area contributed by atoms with Crippen LogP contribution in [0.3, 0.4) is 0 Å². The van der Waals surface area contributed by atoms with Gasteiger partial charge in [0, 0.05) is 13.2 Å². The Labute approximate surface area is 166 Å². The highest BCUT2D eigenvalue weighted by Crippen LogP contribution is 2.02. The van der Waals surface area contributed by atoms with Crippen LogP contribution in [0.1, 0.15) is 58.8 Å². The highest BCUT2D eigenvalue weighted by Gasteiger charge is 1.89. The van der Waals surface area contributed by atoms with Crippen molar-refractivity contribution >= 4 is 0 Å². The van der Waals surface area contributed by atoms with Crippen LogP contribution in [-0.2, 0) is 4.74 Å². The van der Waals surface area contributed by atoms with Gasteiger partial charge in [-0.2, -0.15) is 0 Å². The van der Waals surface area contributed by atoms with Crippen molar-refractivity contribution in [3.05, 3.63) is 65.8 Å². The van der Waals surface area contributed by atoms with Crippen LogP contribution in [-0.4, -0.2) is 36.6 Å². The second kappa shape index (κ2) is 107. The van der Waals surface area contributed by atoms with Gasteiger partial charge in [0.1, 0.15) is 0 Å². The van der Waals surface area contributed by atoms with Gasteiger partial charge < -0.3 is 14.9 Å². The van der Waals surface area contributed by atoms with Crippen LogP contribution in [0.25, 0.3) is 0 Å². The maximum absolute atomic E-state index is 7.62. The van der Waals surface area contributed by atoms with Crippen molar-refractivity contribution in [2.24, 2.45) is 0 Å². The van der Waals surface area contributed by atoms with E-state index in [1.54, 1.807) is 0 Å². The maximum atomic E-state index is 7.62. The average molecular weight is 375 g/mol. The van der Waals surface area contributed by atoms with Gasteiger partial charge in [-0.1, -0.05) is 46.0 Å². The van der Waals surface area contributed by atoms with Crippen LogP contribution in [0.4, 0.5) is 0 Å². The molecule has 0 unspecified atom stereocenters. The molecule has 0 bridgehead atoms. The first-order chi connectivity index (χ1) is 12.8. The molecule has 0 saturated heterocycles. The molecule has 0 atom stereocenters. The molecule has 2 N–H and O–H groups in total. The Morgan fingerprint density at radius 1 is 0.500 bits per heavy atom. The van der Waals surface area contributed by atoms with E-state index in [0.717, 1.165) is 13.2 Å². The van der Waals surface area contributed by atoms with Gasteiger partial charge in [-0.3, -0.25) is 0 Å². The van der Waals surface area contributed by atoms with Crippen LogP contribution < -0.4 is 0 Å². The van der Waals surface area contributed by atoms with Gasteiger partial charge in [0.15, 0.2) is 0 Å². The third-order valence-corrected chi connectivity index (χ3v) is 2.13. The summed E-state index contributed by atoms with van der Waals surface area (Å²) in [7, 11) is 0. The SMILES string of the molecule is C=C.C=C.C=C.C=C.C=C.CCCCCCCOCCCC.OCCO. The van der Waals surface area contributed by atoms with Crippen molar-refractivity contribution in [1.82, 2.24) is 0 Å². The lowest BCUT2D eigenvalue weighted by atomic mass is 10.2. The van der Waals surface area contributed by atoms with Gasteiger partial charge in [-0.15, -0.1) is 65.8 Å². The van der Waals surface area contributed by atoms with E-state index in [4.69, 9.17) is 14.9 Å². The third-order valence-electron chi connectivity index (χ3n) is 2.13. The molecular formula is C23H50O3. The third kappa shape index (κ3) is 143. The fraction of sp³-hybridized carbons (Fsp3) is 0.565. The molecule has 0 aliphatic carbocycles. The smallest absolute Gasteiger partial charge is 0.0662 e. The van der Waals surface area contributed by atoms with Crippen LogP contribution in [0.15, 0.2) is 65.8 Å². The summed E-state index contributed by atoms with van der Waals surface area (Å²) >= 11 is 0. The molecular weight excluding hydrogens is 324 g/mol. The van der Waals surface area contributed by atoms with Gasteiger partial charge in [0.2, 0.25) is 0 Å². The van der Waals surface area contributed by atoms with Crippen molar-refractivity contribution < 1.29 is 14.9 Å². The number of unbranched alkanes of at least 4 members (excludes halogenated alkanes) is 5. The molecule has 3 heteroatoms. The Kier molecular flexibility index (Phi) is 183. The van der Waals surface area contributed by atoms with Crippen molar-refractivity contribution in [2.45, 2.75) is 58.8 Å². The lowest BCUT2D eigenvalue weighted by Gasteiger charge is -2.02. The molecule has 0 fully saturated rings. The minimum atomic E-state index is -0.125. The summed E-state index contributed by atoms with van der Waals surface area (Å²) in [4.78, 5) is 0. The van der Waals surface area contributed by atoms with Crippen LogP contribution >= 0.6 is 0 Å². The van der Waals surface area contributed by atoms with E-state index in [9.17, 15) is 0 Å². The van der Waals surface area contributed by atoms with E-state index in [2.05, 4.69) is 79.6 Å². The molecule has 0 amide bonds. The molecule has 0 saturated carbocycles. The van der Waals surface area contributed by atoms with Crippen molar-refractivity contribution in [3.63, 3.8) is 0 Å². The molecule has 0 heterocycles. The first-order valence-corrected chi connectivity index (χ1v) is 9.12. The van der Waals surface area contributed by atoms with Gasteiger partial charge in [0.05, 0.1) is 13.2 Å². The van der Waals surface area contributed by atoms with Crippen LogP contribution in [0.5, 0.6) is 0 Å². The summed E-state index contributed by atoms with van der Waals surface area (Å²) in [6, 6.07) is 0. The fourth-order valence-electron chi connectivity index (χ4n) is 1.16. The van der Waals surface area contributed by atoms with Gasteiger partial charge in [-0.05, 0) is 12.8 Å². The molecule has 0 rings (SSSR count). The van der Waals surface area contributed by atoms with Crippen molar-refractivity contribution in [1.29, 1.82) is 0 Å². The summed E-state index contributed by atoms with van der Waals surface area (Å²) < 4.78 is 5.45. The highest BCUT2D eigenvalue weighted by atomic mass is 16.5. The summed E-state index contributed by atoms with van der Waals surface area (Å²) in [6.07, 6.45) is 9.16. The lowest BCUT2D eigenvalue weighted by Crippen LogP contribution is -1.96. The number of rotatable bonds is 10. The first kappa shape index (κ1) is 44.2. The number of hydrogen-bond donors (Lipinski definition) is 2. The minimum Gasteiger partial charge on any atom is -0.394 e. The monoisotopic (exact) mass is 374 g/mol. The van der Waals surface area contributed by atoms with E-state index in [1.165, 1.54) is 44.9 Å². The van der Waals surface area contributed by atoms with Crippen LogP contribution in [0, 0.1) is 0 Å². The van der Waals surface area contributed by atoms with Gasteiger partial charge in [0.25, 0.3) is 0 Å². The van der Waals surface area contributed by atoms with Crippen LogP contribution in [0.2, 0.25) is 0 Å². The zero-order valence-corrected chi connectivity index (χ0v) is 18.2.